The molecule has 1 aliphatic carbocycles. The molecule has 0 spiro atoms. The summed E-state index contributed by atoms with van der Waals surface area (Å²) >= 11 is 0. The summed E-state index contributed by atoms with van der Waals surface area (Å²) in [5, 5.41) is 12.9. The van der Waals surface area contributed by atoms with Gasteiger partial charge in [0.25, 0.3) is 0 Å². The number of rotatable bonds is 1. The predicted molar refractivity (Wildman–Crippen MR) is 52.7 cm³/mol. The third-order valence-electron chi connectivity index (χ3n) is 3.24. The number of β-amino-alcohol motifs (C(OH)–C–C–N with tert-alkyl or cyclic N) is 1. The van der Waals surface area contributed by atoms with Crippen molar-refractivity contribution in [3.8, 4) is 0 Å². The maximum Gasteiger partial charge on any atom is 0.0791 e. The van der Waals surface area contributed by atoms with Gasteiger partial charge in [-0.25, -0.2) is 0 Å². The van der Waals surface area contributed by atoms with E-state index in [1.165, 1.54) is 25.7 Å². The quantitative estimate of drug-likeness (QED) is 0.611. The molecule has 3 heteroatoms. The fourth-order valence-electron chi connectivity index (χ4n) is 2.52. The average Bonchev–Trinajstić information content (AvgIpc) is 2.56. The third-order valence-corrected chi connectivity index (χ3v) is 3.24. The minimum Gasteiger partial charge on any atom is -0.390 e. The molecular weight excluding hydrogens is 164 g/mol. The Morgan fingerprint density at radius 3 is 2.77 bits per heavy atom. The van der Waals surface area contributed by atoms with Crippen molar-refractivity contribution in [1.82, 2.24) is 10.2 Å². The highest BCUT2D eigenvalue weighted by Crippen LogP contribution is 2.23. The zero-order valence-corrected chi connectivity index (χ0v) is 8.21. The Morgan fingerprint density at radius 1 is 1.23 bits per heavy atom. The molecule has 76 valence electrons. The molecule has 2 N–H and O–H groups in total. The molecule has 13 heavy (non-hydrogen) atoms. The zero-order chi connectivity index (χ0) is 9.10. The Hall–Kier alpha value is -0.120. The molecular formula is C10H20N2O. The van der Waals surface area contributed by atoms with E-state index in [0.29, 0.717) is 0 Å². The maximum absolute atomic E-state index is 9.62. The van der Waals surface area contributed by atoms with E-state index in [1.807, 2.05) is 0 Å². The van der Waals surface area contributed by atoms with Crippen molar-refractivity contribution >= 4 is 0 Å². The largest absolute Gasteiger partial charge is 0.390 e. The lowest BCUT2D eigenvalue weighted by Gasteiger charge is -2.27. The van der Waals surface area contributed by atoms with Gasteiger partial charge in [-0.15, -0.1) is 0 Å². The minimum atomic E-state index is -0.164. The highest BCUT2D eigenvalue weighted by Gasteiger charge is 2.25. The van der Waals surface area contributed by atoms with Crippen LogP contribution in [0, 0.1) is 0 Å². The van der Waals surface area contributed by atoms with E-state index >= 15 is 0 Å². The molecule has 0 aromatic heterocycles. The van der Waals surface area contributed by atoms with Crippen LogP contribution in [-0.2, 0) is 0 Å². The van der Waals surface area contributed by atoms with Gasteiger partial charge in [0.15, 0.2) is 0 Å². The van der Waals surface area contributed by atoms with Crippen LogP contribution < -0.4 is 5.32 Å². The van der Waals surface area contributed by atoms with Gasteiger partial charge in [-0.2, -0.15) is 0 Å². The van der Waals surface area contributed by atoms with E-state index in [-0.39, 0.29) is 6.10 Å². The summed E-state index contributed by atoms with van der Waals surface area (Å²) in [6.07, 6.45) is 5.28. The van der Waals surface area contributed by atoms with Crippen LogP contribution in [0.25, 0.3) is 0 Å². The summed E-state index contributed by atoms with van der Waals surface area (Å²) in [4.78, 5) is 2.47. The molecule has 1 saturated carbocycles. The Bertz CT molecular complexity index is 157. The summed E-state index contributed by atoms with van der Waals surface area (Å²) in [6.45, 7) is 3.79. The molecule has 1 heterocycles. The maximum atomic E-state index is 9.62. The molecule has 3 nitrogen and oxygen atoms in total. The molecule has 2 fully saturated rings. The van der Waals surface area contributed by atoms with Gasteiger partial charge >= 0.3 is 0 Å². The van der Waals surface area contributed by atoms with Crippen molar-refractivity contribution < 1.29 is 5.11 Å². The second-order valence-electron chi connectivity index (χ2n) is 4.29. The lowest BCUT2D eigenvalue weighted by Crippen LogP contribution is -2.39. The molecule has 0 radical (unpaired) electrons. The normalized spacial score (nSPS) is 33.5. The van der Waals surface area contributed by atoms with Crippen molar-refractivity contribution in [2.45, 2.75) is 37.8 Å². The molecule has 1 aliphatic heterocycles. The number of hydrogen-bond donors (Lipinski definition) is 2. The Labute approximate surface area is 80.1 Å². The van der Waals surface area contributed by atoms with E-state index in [4.69, 9.17) is 0 Å². The monoisotopic (exact) mass is 184 g/mol. The second kappa shape index (κ2) is 4.40. The highest BCUT2D eigenvalue weighted by atomic mass is 16.3. The van der Waals surface area contributed by atoms with E-state index in [2.05, 4.69) is 10.2 Å². The summed E-state index contributed by atoms with van der Waals surface area (Å²) in [6, 6.07) is 0.759. The van der Waals surface area contributed by atoms with Gasteiger partial charge in [0.05, 0.1) is 6.10 Å². The van der Waals surface area contributed by atoms with Crippen molar-refractivity contribution in [3.63, 3.8) is 0 Å². The lowest BCUT2D eigenvalue weighted by molar-refractivity contribution is 0.107. The van der Waals surface area contributed by atoms with E-state index < -0.39 is 0 Å². The molecule has 0 aromatic carbocycles. The van der Waals surface area contributed by atoms with Gasteiger partial charge in [-0.05, 0) is 12.8 Å². The molecule has 2 aliphatic rings. The molecule has 2 rings (SSSR count). The minimum absolute atomic E-state index is 0.164. The summed E-state index contributed by atoms with van der Waals surface area (Å²) in [7, 11) is 0. The lowest BCUT2D eigenvalue weighted by atomic mass is 10.2. The van der Waals surface area contributed by atoms with Crippen molar-refractivity contribution in [2.75, 3.05) is 26.2 Å². The van der Waals surface area contributed by atoms with Gasteiger partial charge < -0.3 is 10.4 Å². The first-order valence-corrected chi connectivity index (χ1v) is 5.49. The highest BCUT2D eigenvalue weighted by molar-refractivity contribution is 4.82. The summed E-state index contributed by atoms with van der Waals surface area (Å²) in [5.41, 5.74) is 0. The molecule has 1 atom stereocenters. The van der Waals surface area contributed by atoms with Crippen LogP contribution in [0.2, 0.25) is 0 Å². The molecule has 1 saturated heterocycles. The predicted octanol–water partition coefficient (Wildman–Crippen LogP) is 0.195. The SMILES string of the molecule is OC1CNCCN(C2CCCC2)C1. The van der Waals surface area contributed by atoms with Crippen LogP contribution in [0.1, 0.15) is 25.7 Å². The standard InChI is InChI=1S/C10H20N2O/c13-10-7-11-5-6-12(8-10)9-3-1-2-4-9/h9-11,13H,1-8H2. The first-order chi connectivity index (χ1) is 6.36. The Balaban J connectivity index is 1.88. The van der Waals surface area contributed by atoms with Crippen LogP contribution in [0.3, 0.4) is 0 Å². The Morgan fingerprint density at radius 2 is 2.00 bits per heavy atom. The molecule has 1 unspecified atom stereocenters. The fraction of sp³-hybridized carbons (Fsp3) is 1.00. The number of nitrogens with zero attached hydrogens (tertiary/aromatic N) is 1. The van der Waals surface area contributed by atoms with Crippen LogP contribution in [0.4, 0.5) is 0 Å². The molecule has 0 bridgehead atoms. The average molecular weight is 184 g/mol. The zero-order valence-electron chi connectivity index (χ0n) is 8.21. The van der Waals surface area contributed by atoms with Gasteiger partial charge in [0, 0.05) is 32.2 Å². The number of aliphatic hydroxyl groups is 1. The summed E-state index contributed by atoms with van der Waals surface area (Å²) in [5.74, 6) is 0. The van der Waals surface area contributed by atoms with E-state index in [9.17, 15) is 5.11 Å². The molecule has 0 amide bonds. The number of aliphatic hydroxyl groups excluding tert-OH is 1. The van der Waals surface area contributed by atoms with Crippen LogP contribution >= 0.6 is 0 Å². The van der Waals surface area contributed by atoms with E-state index in [1.54, 1.807) is 0 Å². The van der Waals surface area contributed by atoms with Crippen molar-refractivity contribution in [2.24, 2.45) is 0 Å². The van der Waals surface area contributed by atoms with Gasteiger partial charge in [-0.1, -0.05) is 12.8 Å². The summed E-state index contributed by atoms with van der Waals surface area (Å²) < 4.78 is 0. The van der Waals surface area contributed by atoms with Crippen LogP contribution in [0.15, 0.2) is 0 Å². The second-order valence-corrected chi connectivity index (χ2v) is 4.29. The number of nitrogens with one attached hydrogen (secondary N) is 1. The smallest absolute Gasteiger partial charge is 0.0791 e. The fourth-order valence-corrected chi connectivity index (χ4v) is 2.52. The van der Waals surface area contributed by atoms with Crippen molar-refractivity contribution in [3.05, 3.63) is 0 Å². The van der Waals surface area contributed by atoms with Gasteiger partial charge in [0.2, 0.25) is 0 Å². The topological polar surface area (TPSA) is 35.5 Å². The van der Waals surface area contributed by atoms with Crippen molar-refractivity contribution in [1.29, 1.82) is 0 Å². The number of hydrogen-bond acceptors (Lipinski definition) is 3. The Kier molecular flexibility index (Phi) is 3.19. The third kappa shape index (κ3) is 2.42. The van der Waals surface area contributed by atoms with E-state index in [0.717, 1.165) is 32.2 Å². The van der Waals surface area contributed by atoms with Crippen LogP contribution in [-0.4, -0.2) is 48.3 Å². The van der Waals surface area contributed by atoms with Gasteiger partial charge in [-0.3, -0.25) is 4.90 Å². The van der Waals surface area contributed by atoms with Gasteiger partial charge in [0.1, 0.15) is 0 Å². The first-order valence-electron chi connectivity index (χ1n) is 5.49. The first kappa shape index (κ1) is 9.44. The molecule has 0 aromatic rings. The van der Waals surface area contributed by atoms with Crippen LogP contribution in [0.5, 0.6) is 0 Å².